The van der Waals surface area contributed by atoms with E-state index in [2.05, 4.69) is 207 Å². The van der Waals surface area contributed by atoms with Gasteiger partial charge in [-0.1, -0.05) is 153 Å². The third-order valence-electron chi connectivity index (χ3n) is 11.8. The first kappa shape index (κ1) is 31.6. The maximum atomic E-state index is 7.35. The number of hydrogen-bond acceptors (Lipinski definition) is 2. The largest absolute Gasteiger partial charge is 0.454 e. The summed E-state index contributed by atoms with van der Waals surface area (Å²) >= 11 is 0. The Labute approximate surface area is 321 Å². The van der Waals surface area contributed by atoms with Crippen LogP contribution in [0.3, 0.4) is 0 Å². The Morgan fingerprint density at radius 2 is 1.04 bits per heavy atom. The molecule has 0 spiro atoms. The van der Waals surface area contributed by atoms with Gasteiger partial charge in [0.05, 0.1) is 5.69 Å². The lowest BCUT2D eigenvalue weighted by Crippen LogP contribution is -2.16. The summed E-state index contributed by atoms with van der Waals surface area (Å²) < 4.78 is 7.35. The van der Waals surface area contributed by atoms with Gasteiger partial charge in [-0.2, -0.15) is 0 Å². The minimum absolute atomic E-state index is 0.132. The fourth-order valence-corrected chi connectivity index (χ4v) is 9.13. The molecule has 0 unspecified atom stereocenters. The molecule has 0 atom stereocenters. The van der Waals surface area contributed by atoms with E-state index in [-0.39, 0.29) is 5.41 Å². The van der Waals surface area contributed by atoms with Gasteiger partial charge in [-0.25, -0.2) is 0 Å². The summed E-state index contributed by atoms with van der Waals surface area (Å²) in [7, 11) is 0. The molecule has 9 aromatic carbocycles. The van der Waals surface area contributed by atoms with Crippen molar-refractivity contribution in [2.24, 2.45) is 0 Å². The second kappa shape index (κ2) is 12.1. The van der Waals surface area contributed by atoms with Crippen LogP contribution in [-0.2, 0) is 5.41 Å². The normalized spacial score (nSPS) is 13.2. The van der Waals surface area contributed by atoms with Crippen molar-refractivity contribution in [2.75, 3.05) is 4.90 Å². The minimum Gasteiger partial charge on any atom is -0.454 e. The molecule has 2 aliphatic rings. The van der Waals surface area contributed by atoms with Crippen LogP contribution in [0.2, 0.25) is 0 Å². The van der Waals surface area contributed by atoms with Crippen LogP contribution in [0.1, 0.15) is 25.0 Å². The van der Waals surface area contributed by atoms with Crippen LogP contribution in [0, 0.1) is 0 Å². The molecule has 0 fully saturated rings. The number of anilines is 3. The first-order chi connectivity index (χ1) is 27.0. The zero-order valence-electron chi connectivity index (χ0n) is 30.8. The Kier molecular flexibility index (Phi) is 6.93. The quantitative estimate of drug-likeness (QED) is 0.181. The Morgan fingerprint density at radius 3 is 1.87 bits per heavy atom. The van der Waals surface area contributed by atoms with E-state index >= 15 is 0 Å². The van der Waals surface area contributed by atoms with E-state index in [1.54, 1.807) is 0 Å². The highest BCUT2D eigenvalue weighted by atomic mass is 16.5. The first-order valence-electron chi connectivity index (χ1n) is 19.1. The summed E-state index contributed by atoms with van der Waals surface area (Å²) in [5.74, 6) is 1.68. The van der Waals surface area contributed by atoms with E-state index in [0.29, 0.717) is 0 Å². The summed E-state index contributed by atoms with van der Waals surface area (Å²) in [6.07, 6.45) is 0. The van der Waals surface area contributed by atoms with E-state index in [1.165, 1.54) is 55.1 Å². The van der Waals surface area contributed by atoms with Crippen LogP contribution < -0.4 is 9.64 Å². The average Bonchev–Trinajstić information content (AvgIpc) is 3.36. The number of para-hydroxylation sites is 2. The molecule has 0 radical (unpaired) electrons. The third kappa shape index (κ3) is 4.88. The van der Waals surface area contributed by atoms with Crippen LogP contribution in [0.4, 0.5) is 17.1 Å². The summed E-state index contributed by atoms with van der Waals surface area (Å²) in [5, 5.41) is 4.79. The second-order valence-corrected chi connectivity index (χ2v) is 15.3. The maximum Gasteiger partial charge on any atom is 0.159 e. The molecular weight excluding hydrogens is 667 g/mol. The van der Waals surface area contributed by atoms with Gasteiger partial charge in [0.15, 0.2) is 5.75 Å². The van der Waals surface area contributed by atoms with Crippen molar-refractivity contribution >= 4 is 38.6 Å². The van der Waals surface area contributed by atoms with Crippen molar-refractivity contribution in [1.82, 2.24) is 0 Å². The van der Waals surface area contributed by atoms with Gasteiger partial charge in [0.25, 0.3) is 0 Å². The topological polar surface area (TPSA) is 12.5 Å². The van der Waals surface area contributed by atoms with Crippen molar-refractivity contribution in [2.45, 2.75) is 19.3 Å². The molecule has 0 N–H and O–H groups in total. The molecule has 0 saturated carbocycles. The van der Waals surface area contributed by atoms with Gasteiger partial charge in [0.1, 0.15) is 5.75 Å². The smallest absolute Gasteiger partial charge is 0.159 e. The summed E-state index contributed by atoms with van der Waals surface area (Å²) in [6.45, 7) is 4.69. The Hall–Kier alpha value is -6.90. The standard InChI is InChI=1S/C53H37NO/c1-53(2)47-24-11-10-20-42(47)43-29-28-40(33-48(43)53)54(39-18-4-3-5-19-39)49-25-13-23-45-44-22-12-21-41(38-27-26-34-14-6-7-15-35(34)30-38)51(44)46-31-36-16-8-9-17-37(36)32-50(46)55-52(45)49/h3-33H,1-2H3. The minimum atomic E-state index is -0.132. The first-order valence-corrected chi connectivity index (χ1v) is 19.1. The van der Waals surface area contributed by atoms with Gasteiger partial charge in [-0.3, -0.25) is 0 Å². The number of nitrogens with zero attached hydrogens (tertiary/aromatic N) is 1. The van der Waals surface area contributed by atoms with Gasteiger partial charge in [0.2, 0.25) is 0 Å². The highest BCUT2D eigenvalue weighted by Crippen LogP contribution is 2.56. The van der Waals surface area contributed by atoms with Crippen molar-refractivity contribution in [3.8, 4) is 56.0 Å². The summed E-state index contributed by atoms with van der Waals surface area (Å²) in [5.41, 5.74) is 15.2. The molecule has 9 aromatic rings. The molecule has 0 aromatic heterocycles. The molecule has 1 aliphatic heterocycles. The molecular formula is C53H37NO. The molecule has 2 heteroatoms. The molecule has 55 heavy (non-hydrogen) atoms. The molecule has 0 bridgehead atoms. The highest BCUT2D eigenvalue weighted by Gasteiger charge is 2.36. The molecule has 0 amide bonds. The Bertz CT molecular complexity index is 2990. The van der Waals surface area contributed by atoms with Gasteiger partial charge in [-0.05, 0) is 109 Å². The predicted molar refractivity (Wildman–Crippen MR) is 230 cm³/mol. The molecule has 0 saturated heterocycles. The van der Waals surface area contributed by atoms with E-state index in [4.69, 9.17) is 4.74 Å². The van der Waals surface area contributed by atoms with Crippen LogP contribution in [0.5, 0.6) is 11.5 Å². The maximum absolute atomic E-state index is 7.35. The van der Waals surface area contributed by atoms with Gasteiger partial charge < -0.3 is 9.64 Å². The summed E-state index contributed by atoms with van der Waals surface area (Å²) in [4.78, 5) is 2.37. The van der Waals surface area contributed by atoms with E-state index in [0.717, 1.165) is 50.6 Å². The van der Waals surface area contributed by atoms with Crippen LogP contribution in [0.15, 0.2) is 188 Å². The monoisotopic (exact) mass is 703 g/mol. The fourth-order valence-electron chi connectivity index (χ4n) is 9.13. The molecule has 1 heterocycles. The Morgan fingerprint density at radius 1 is 0.400 bits per heavy atom. The van der Waals surface area contributed by atoms with Crippen molar-refractivity contribution in [3.05, 3.63) is 199 Å². The lowest BCUT2D eigenvalue weighted by atomic mass is 9.82. The highest BCUT2D eigenvalue weighted by molar-refractivity contribution is 6.05. The molecule has 2 nitrogen and oxygen atoms in total. The van der Waals surface area contributed by atoms with Gasteiger partial charge in [-0.15, -0.1) is 0 Å². The lowest BCUT2D eigenvalue weighted by molar-refractivity contribution is 0.489. The summed E-state index contributed by atoms with van der Waals surface area (Å²) in [6, 6.07) is 68.4. The van der Waals surface area contributed by atoms with E-state index in [1.807, 2.05) is 0 Å². The SMILES string of the molecule is CC1(C)c2ccccc2-c2ccc(N(c3ccccc3)c3cccc4c3Oc3cc5ccccc5cc3-c3c(-c5ccc6ccccc6c5)cccc3-4)cc21. The number of hydrogen-bond donors (Lipinski definition) is 0. The average molecular weight is 704 g/mol. The van der Waals surface area contributed by atoms with Gasteiger partial charge in [0, 0.05) is 33.5 Å². The van der Waals surface area contributed by atoms with Crippen molar-refractivity contribution in [1.29, 1.82) is 0 Å². The van der Waals surface area contributed by atoms with Crippen molar-refractivity contribution in [3.63, 3.8) is 0 Å². The number of ether oxygens (including phenoxy) is 1. The van der Waals surface area contributed by atoms with Crippen LogP contribution in [-0.4, -0.2) is 0 Å². The molecule has 1 aliphatic carbocycles. The Balaban J connectivity index is 1.17. The fraction of sp³-hybridized carbons (Fsp3) is 0.0566. The second-order valence-electron chi connectivity index (χ2n) is 15.3. The lowest BCUT2D eigenvalue weighted by Gasteiger charge is -2.30. The number of fused-ring (bicyclic) bond motifs is 10. The van der Waals surface area contributed by atoms with Crippen LogP contribution >= 0.6 is 0 Å². The number of benzene rings is 9. The van der Waals surface area contributed by atoms with Crippen LogP contribution in [0.25, 0.3) is 66.1 Å². The predicted octanol–water partition coefficient (Wildman–Crippen LogP) is 14.9. The van der Waals surface area contributed by atoms with Gasteiger partial charge >= 0.3 is 0 Å². The molecule has 260 valence electrons. The van der Waals surface area contributed by atoms with E-state index < -0.39 is 0 Å². The van der Waals surface area contributed by atoms with Crippen molar-refractivity contribution < 1.29 is 4.74 Å². The molecule has 11 rings (SSSR count). The number of rotatable bonds is 4. The van der Waals surface area contributed by atoms with E-state index in [9.17, 15) is 0 Å². The zero-order chi connectivity index (χ0) is 36.7. The third-order valence-corrected chi connectivity index (χ3v) is 11.8. The zero-order valence-corrected chi connectivity index (χ0v) is 30.8.